The van der Waals surface area contributed by atoms with E-state index in [1.165, 1.54) is 11.4 Å². The molecule has 7 heteroatoms. The van der Waals surface area contributed by atoms with Crippen molar-refractivity contribution < 1.29 is 23.1 Å². The van der Waals surface area contributed by atoms with Crippen LogP contribution in [0.3, 0.4) is 0 Å². The molecule has 0 aromatic heterocycles. The third-order valence-electron chi connectivity index (χ3n) is 4.10. The van der Waals surface area contributed by atoms with Crippen LogP contribution in [0.1, 0.15) is 18.1 Å². The van der Waals surface area contributed by atoms with Crippen LogP contribution in [0.2, 0.25) is 0 Å². The Morgan fingerprint density at radius 2 is 1.95 bits per heavy atom. The summed E-state index contributed by atoms with van der Waals surface area (Å²) in [5.41, 5.74) is 1.51. The van der Waals surface area contributed by atoms with Crippen LogP contribution in [-0.4, -0.2) is 44.0 Å². The van der Waals surface area contributed by atoms with Gasteiger partial charge >= 0.3 is 5.97 Å². The van der Waals surface area contributed by atoms with E-state index in [1.807, 2.05) is 6.92 Å². The van der Waals surface area contributed by atoms with Gasteiger partial charge in [-0.25, -0.2) is 8.42 Å². The Bertz CT molecular complexity index is 698. The molecular weight excluding hydrogens is 306 g/mol. The summed E-state index contributed by atoms with van der Waals surface area (Å²) in [6, 6.07) is 3.46. The smallest absolute Gasteiger partial charge is 0.308 e. The predicted molar refractivity (Wildman–Crippen MR) is 81.5 cm³/mol. The third kappa shape index (κ3) is 2.83. The van der Waals surface area contributed by atoms with E-state index in [4.69, 9.17) is 4.74 Å². The summed E-state index contributed by atoms with van der Waals surface area (Å²) in [4.78, 5) is 11.3. The number of hydrogen-bond donors (Lipinski definition) is 1. The number of nitrogens with zero attached hydrogens (tertiary/aromatic N) is 1. The lowest BCUT2D eigenvalue weighted by Crippen LogP contribution is -2.31. The maximum Gasteiger partial charge on any atom is 0.308 e. The zero-order chi connectivity index (χ0) is 16.7. The molecule has 1 aliphatic heterocycles. The number of carboxylic acid groups (broad SMARTS) is 1. The van der Waals surface area contributed by atoms with Gasteiger partial charge in [0.25, 0.3) is 0 Å². The Labute approximate surface area is 130 Å². The quantitative estimate of drug-likeness (QED) is 0.909. The van der Waals surface area contributed by atoms with E-state index in [9.17, 15) is 18.3 Å². The van der Waals surface area contributed by atoms with Gasteiger partial charge in [-0.2, -0.15) is 4.31 Å². The number of carboxylic acids is 1. The molecule has 0 spiro atoms. The first-order chi connectivity index (χ1) is 10.2. The van der Waals surface area contributed by atoms with Crippen LogP contribution in [0.5, 0.6) is 5.75 Å². The van der Waals surface area contributed by atoms with E-state index >= 15 is 0 Å². The van der Waals surface area contributed by atoms with Crippen LogP contribution in [-0.2, 0) is 14.8 Å². The summed E-state index contributed by atoms with van der Waals surface area (Å²) in [7, 11) is -2.35. The summed E-state index contributed by atoms with van der Waals surface area (Å²) in [5.74, 6) is -1.56. The van der Waals surface area contributed by atoms with E-state index in [0.29, 0.717) is 11.3 Å². The minimum Gasteiger partial charge on any atom is -0.495 e. The molecule has 22 heavy (non-hydrogen) atoms. The zero-order valence-corrected chi connectivity index (χ0v) is 14.0. The first-order valence-corrected chi connectivity index (χ1v) is 8.50. The van der Waals surface area contributed by atoms with Crippen molar-refractivity contribution in [2.45, 2.75) is 25.7 Å². The Morgan fingerprint density at radius 1 is 1.32 bits per heavy atom. The van der Waals surface area contributed by atoms with E-state index in [1.54, 1.807) is 26.0 Å². The third-order valence-corrected chi connectivity index (χ3v) is 6.12. The fraction of sp³-hybridized carbons (Fsp3) is 0.533. The number of benzene rings is 1. The minimum absolute atomic E-state index is 0.00466. The highest BCUT2D eigenvalue weighted by molar-refractivity contribution is 7.89. The van der Waals surface area contributed by atoms with Crippen molar-refractivity contribution in [2.75, 3.05) is 20.2 Å². The van der Waals surface area contributed by atoms with Gasteiger partial charge in [-0.15, -0.1) is 0 Å². The molecule has 122 valence electrons. The summed E-state index contributed by atoms with van der Waals surface area (Å²) in [5, 5.41) is 9.18. The zero-order valence-electron chi connectivity index (χ0n) is 13.2. The molecule has 1 aromatic rings. The number of carbonyl (C=O) groups is 1. The molecule has 1 fully saturated rings. The largest absolute Gasteiger partial charge is 0.495 e. The lowest BCUT2D eigenvalue weighted by molar-refractivity contribution is -0.142. The molecule has 1 N–H and O–H groups in total. The number of aliphatic carboxylic acids is 1. The minimum atomic E-state index is -3.78. The summed E-state index contributed by atoms with van der Waals surface area (Å²) in [6.45, 7) is 5.54. The van der Waals surface area contributed by atoms with E-state index in [2.05, 4.69) is 0 Å². The van der Waals surface area contributed by atoms with Gasteiger partial charge in [0.15, 0.2) is 0 Å². The lowest BCUT2D eigenvalue weighted by atomic mass is 9.99. The second kappa shape index (κ2) is 5.89. The number of rotatable bonds is 4. The average molecular weight is 327 g/mol. The molecule has 0 saturated carbocycles. The van der Waals surface area contributed by atoms with Gasteiger partial charge in [0, 0.05) is 13.1 Å². The molecule has 1 heterocycles. The molecule has 0 amide bonds. The molecule has 1 aliphatic rings. The topological polar surface area (TPSA) is 83.9 Å². The van der Waals surface area contributed by atoms with Gasteiger partial charge < -0.3 is 9.84 Å². The fourth-order valence-electron chi connectivity index (χ4n) is 2.97. The molecule has 2 rings (SSSR count). The highest BCUT2D eigenvalue weighted by Gasteiger charge is 2.42. The normalized spacial score (nSPS) is 22.7. The number of ether oxygens (including phenoxy) is 1. The number of methoxy groups -OCH3 is 1. The second-order valence-corrected chi connectivity index (χ2v) is 7.73. The van der Waals surface area contributed by atoms with Crippen molar-refractivity contribution in [1.29, 1.82) is 0 Å². The van der Waals surface area contributed by atoms with Crippen LogP contribution >= 0.6 is 0 Å². The number of aryl methyl sites for hydroxylation is 2. The van der Waals surface area contributed by atoms with Crippen molar-refractivity contribution in [2.24, 2.45) is 11.8 Å². The molecular formula is C15H21NO5S. The lowest BCUT2D eigenvalue weighted by Gasteiger charge is -2.20. The van der Waals surface area contributed by atoms with Crippen LogP contribution in [0.25, 0.3) is 0 Å². The van der Waals surface area contributed by atoms with Gasteiger partial charge in [-0.05, 0) is 37.0 Å². The Hall–Kier alpha value is -1.60. The summed E-state index contributed by atoms with van der Waals surface area (Å²) in [6.07, 6.45) is 0. The van der Waals surface area contributed by atoms with Gasteiger partial charge in [0.1, 0.15) is 10.6 Å². The Kier molecular flexibility index (Phi) is 4.49. The summed E-state index contributed by atoms with van der Waals surface area (Å²) >= 11 is 0. The average Bonchev–Trinajstić information content (AvgIpc) is 2.80. The number of sulfonamides is 1. The van der Waals surface area contributed by atoms with Crippen LogP contribution in [0.4, 0.5) is 0 Å². The van der Waals surface area contributed by atoms with Crippen molar-refractivity contribution in [3.8, 4) is 5.75 Å². The van der Waals surface area contributed by atoms with Crippen molar-refractivity contribution >= 4 is 16.0 Å². The van der Waals surface area contributed by atoms with Crippen molar-refractivity contribution in [3.05, 3.63) is 23.3 Å². The van der Waals surface area contributed by atoms with E-state index in [-0.39, 0.29) is 23.9 Å². The molecule has 0 aliphatic carbocycles. The maximum absolute atomic E-state index is 12.9. The first-order valence-electron chi connectivity index (χ1n) is 7.06. The Morgan fingerprint density at radius 3 is 2.45 bits per heavy atom. The highest BCUT2D eigenvalue weighted by atomic mass is 32.2. The Balaban J connectivity index is 2.47. The molecule has 1 saturated heterocycles. The molecule has 0 unspecified atom stereocenters. The van der Waals surface area contributed by atoms with Gasteiger partial charge in [0.2, 0.25) is 10.0 Å². The van der Waals surface area contributed by atoms with E-state index < -0.39 is 21.9 Å². The SMILES string of the molecule is COc1cc(C)cc(C)c1S(=O)(=O)N1C[C@@H](C)[C@H](C(=O)O)C1. The monoisotopic (exact) mass is 327 g/mol. The van der Waals surface area contributed by atoms with Crippen LogP contribution < -0.4 is 4.74 Å². The second-order valence-electron chi connectivity index (χ2n) is 5.86. The van der Waals surface area contributed by atoms with Crippen LogP contribution in [0.15, 0.2) is 17.0 Å². The fourth-order valence-corrected chi connectivity index (χ4v) is 4.88. The molecule has 0 radical (unpaired) electrons. The number of hydrogen-bond acceptors (Lipinski definition) is 4. The van der Waals surface area contributed by atoms with Crippen molar-refractivity contribution in [3.63, 3.8) is 0 Å². The molecule has 2 atom stereocenters. The van der Waals surface area contributed by atoms with E-state index in [0.717, 1.165) is 5.56 Å². The van der Waals surface area contributed by atoms with Crippen molar-refractivity contribution in [1.82, 2.24) is 4.31 Å². The van der Waals surface area contributed by atoms with Gasteiger partial charge in [-0.1, -0.05) is 13.0 Å². The predicted octanol–water partition coefficient (Wildman–Crippen LogP) is 1.65. The van der Waals surface area contributed by atoms with Gasteiger partial charge in [-0.3, -0.25) is 4.79 Å². The molecule has 0 bridgehead atoms. The van der Waals surface area contributed by atoms with Gasteiger partial charge in [0.05, 0.1) is 13.0 Å². The highest BCUT2D eigenvalue weighted by Crippen LogP contribution is 2.35. The first kappa shape index (κ1) is 16.8. The van der Waals surface area contributed by atoms with Crippen LogP contribution in [0, 0.1) is 25.7 Å². The standard InChI is InChI=1S/C15H21NO5S/c1-9-5-10(2)14(13(6-9)21-4)22(19,20)16-7-11(3)12(8-16)15(17)18/h5-6,11-12H,7-8H2,1-4H3,(H,17,18)/t11-,12-/m1/s1. The molecule has 1 aromatic carbocycles. The molecule has 6 nitrogen and oxygen atoms in total. The maximum atomic E-state index is 12.9. The summed E-state index contributed by atoms with van der Waals surface area (Å²) < 4.78 is 32.3.